The molecule has 11 heteroatoms. The molecule has 150 valence electrons. The minimum atomic E-state index is -4.25. The van der Waals surface area contributed by atoms with Gasteiger partial charge in [0, 0.05) is 11.8 Å². The monoisotopic (exact) mass is 408 g/mol. The van der Waals surface area contributed by atoms with Crippen molar-refractivity contribution in [3.8, 4) is 17.3 Å². The fraction of sp³-hybridized carbons (Fsp3) is 0.294. The van der Waals surface area contributed by atoms with Gasteiger partial charge in [0.2, 0.25) is 0 Å². The summed E-state index contributed by atoms with van der Waals surface area (Å²) in [5.74, 6) is -1.05. The first kappa shape index (κ1) is 21.1. The standard InChI is InChI=1S/C17H20N4O6S/c1-10(2)8-14(27-16(18)23)15(22)21-28(25,26)12-5-3-4-11(9-12)13-6-7-19-17(24)20-13/h3-7,9-10,14H,8H2,1-2H3,(H2,18,23)(H,21,22)(H,19,20,24)/t14-/m0/s1. The molecule has 2 aromatic rings. The summed E-state index contributed by atoms with van der Waals surface area (Å²) in [4.78, 5) is 30.5. The van der Waals surface area contributed by atoms with Gasteiger partial charge in [-0.05, 0) is 30.5 Å². The first-order valence-electron chi connectivity index (χ1n) is 8.23. The van der Waals surface area contributed by atoms with E-state index in [0.717, 1.165) is 0 Å². The molecule has 2 rings (SSSR count). The average Bonchev–Trinajstić information content (AvgIpc) is 2.60. The number of aromatic hydroxyl groups is 1. The van der Waals surface area contributed by atoms with Crippen LogP contribution in [0.3, 0.4) is 0 Å². The van der Waals surface area contributed by atoms with Crippen LogP contribution >= 0.6 is 0 Å². The number of benzene rings is 1. The van der Waals surface area contributed by atoms with Crippen molar-refractivity contribution in [1.82, 2.24) is 14.7 Å². The van der Waals surface area contributed by atoms with Crippen molar-refractivity contribution in [3.63, 3.8) is 0 Å². The van der Waals surface area contributed by atoms with E-state index in [-0.39, 0.29) is 17.2 Å². The van der Waals surface area contributed by atoms with Gasteiger partial charge in [0.25, 0.3) is 15.9 Å². The fourth-order valence-electron chi connectivity index (χ4n) is 2.37. The van der Waals surface area contributed by atoms with Crippen LogP contribution in [0.15, 0.2) is 41.4 Å². The summed E-state index contributed by atoms with van der Waals surface area (Å²) in [6, 6.07) is 6.64. The summed E-state index contributed by atoms with van der Waals surface area (Å²) in [7, 11) is -4.25. The van der Waals surface area contributed by atoms with Crippen LogP contribution in [0.5, 0.6) is 6.01 Å². The number of hydrogen-bond acceptors (Lipinski definition) is 8. The van der Waals surface area contributed by atoms with Crippen LogP contribution in [0.25, 0.3) is 11.3 Å². The highest BCUT2D eigenvalue weighted by Gasteiger charge is 2.28. The number of hydrogen-bond donors (Lipinski definition) is 3. The van der Waals surface area contributed by atoms with Crippen molar-refractivity contribution in [1.29, 1.82) is 0 Å². The van der Waals surface area contributed by atoms with E-state index in [1.807, 2.05) is 4.72 Å². The van der Waals surface area contributed by atoms with Gasteiger partial charge in [-0.2, -0.15) is 4.98 Å². The minimum Gasteiger partial charge on any atom is -0.479 e. The van der Waals surface area contributed by atoms with E-state index in [0.29, 0.717) is 11.3 Å². The molecule has 0 aliphatic rings. The van der Waals surface area contributed by atoms with E-state index in [4.69, 9.17) is 10.5 Å². The molecule has 0 unspecified atom stereocenters. The lowest BCUT2D eigenvalue weighted by atomic mass is 10.1. The molecule has 0 aliphatic carbocycles. The number of nitrogens with one attached hydrogen (secondary N) is 1. The van der Waals surface area contributed by atoms with Crippen LogP contribution in [0, 0.1) is 5.92 Å². The van der Waals surface area contributed by atoms with Crippen LogP contribution in [0.1, 0.15) is 20.3 Å². The molecule has 2 amide bonds. The first-order valence-corrected chi connectivity index (χ1v) is 9.72. The molecular weight excluding hydrogens is 388 g/mol. The number of nitrogens with zero attached hydrogens (tertiary/aromatic N) is 2. The molecule has 0 aliphatic heterocycles. The second-order valence-electron chi connectivity index (χ2n) is 6.29. The summed E-state index contributed by atoms with van der Waals surface area (Å²) < 4.78 is 31.8. The number of nitrogens with two attached hydrogens (primary N) is 1. The topological polar surface area (TPSA) is 162 Å². The normalized spacial score (nSPS) is 12.4. The smallest absolute Gasteiger partial charge is 0.405 e. The zero-order valence-electron chi connectivity index (χ0n) is 15.2. The third kappa shape index (κ3) is 5.64. The maximum Gasteiger partial charge on any atom is 0.405 e. The largest absolute Gasteiger partial charge is 0.479 e. The van der Waals surface area contributed by atoms with Crippen LogP contribution < -0.4 is 10.5 Å². The molecule has 0 radical (unpaired) electrons. The van der Waals surface area contributed by atoms with Crippen LogP contribution in [0.2, 0.25) is 0 Å². The van der Waals surface area contributed by atoms with Crippen molar-refractivity contribution in [2.24, 2.45) is 11.7 Å². The Hall–Kier alpha value is -3.21. The second-order valence-corrected chi connectivity index (χ2v) is 7.98. The molecule has 1 aromatic heterocycles. The number of primary amides is 1. The lowest BCUT2D eigenvalue weighted by Gasteiger charge is -2.18. The van der Waals surface area contributed by atoms with Crippen molar-refractivity contribution >= 4 is 22.0 Å². The first-order chi connectivity index (χ1) is 13.1. The summed E-state index contributed by atoms with van der Waals surface area (Å²) in [6.45, 7) is 3.56. The molecule has 1 atom stereocenters. The van der Waals surface area contributed by atoms with Crippen molar-refractivity contribution in [2.75, 3.05) is 0 Å². The molecule has 4 N–H and O–H groups in total. The number of rotatable bonds is 7. The highest BCUT2D eigenvalue weighted by molar-refractivity contribution is 7.90. The maximum absolute atomic E-state index is 12.6. The predicted molar refractivity (Wildman–Crippen MR) is 98.4 cm³/mol. The van der Waals surface area contributed by atoms with Gasteiger partial charge in [-0.15, -0.1) is 0 Å². The summed E-state index contributed by atoms with van der Waals surface area (Å²) in [5.41, 5.74) is 5.64. The van der Waals surface area contributed by atoms with Gasteiger partial charge in [-0.1, -0.05) is 26.0 Å². The highest BCUT2D eigenvalue weighted by atomic mass is 32.2. The Balaban J connectivity index is 2.27. The molecular formula is C17H20N4O6S. The third-order valence-electron chi connectivity index (χ3n) is 3.55. The number of ether oxygens (including phenoxy) is 1. The van der Waals surface area contributed by atoms with Crippen molar-refractivity contribution < 1.29 is 27.9 Å². The van der Waals surface area contributed by atoms with Gasteiger partial charge in [0.1, 0.15) is 0 Å². The number of amides is 2. The Kier molecular flexibility index (Phi) is 6.52. The zero-order chi connectivity index (χ0) is 20.9. The molecule has 10 nitrogen and oxygen atoms in total. The molecule has 28 heavy (non-hydrogen) atoms. The summed E-state index contributed by atoms with van der Waals surface area (Å²) >= 11 is 0. The second kappa shape index (κ2) is 8.65. The van der Waals surface area contributed by atoms with E-state index < -0.39 is 34.1 Å². The summed E-state index contributed by atoms with van der Waals surface area (Å²) in [6.07, 6.45) is -1.10. The molecule has 0 saturated carbocycles. The number of sulfonamides is 1. The van der Waals surface area contributed by atoms with E-state index in [9.17, 15) is 23.1 Å². The van der Waals surface area contributed by atoms with E-state index in [2.05, 4.69) is 9.97 Å². The van der Waals surface area contributed by atoms with Gasteiger partial charge in [-0.3, -0.25) is 4.79 Å². The SMILES string of the molecule is CC(C)C[C@H](OC(N)=O)C(=O)NS(=O)(=O)c1cccc(-c2ccnc(O)n2)c1. The van der Waals surface area contributed by atoms with Crippen molar-refractivity contribution in [3.05, 3.63) is 36.5 Å². The Labute approximate surface area is 161 Å². The lowest BCUT2D eigenvalue weighted by Crippen LogP contribution is -2.42. The zero-order valence-corrected chi connectivity index (χ0v) is 16.0. The maximum atomic E-state index is 12.6. The highest BCUT2D eigenvalue weighted by Crippen LogP contribution is 2.22. The van der Waals surface area contributed by atoms with Gasteiger partial charge < -0.3 is 15.6 Å². The molecule has 0 saturated heterocycles. The molecule has 0 spiro atoms. The number of carbonyl (C=O) groups is 2. The van der Waals surface area contributed by atoms with Crippen LogP contribution in [-0.2, 0) is 19.6 Å². The van der Waals surface area contributed by atoms with Gasteiger partial charge in [-0.25, -0.2) is 22.9 Å². The van der Waals surface area contributed by atoms with Crippen LogP contribution in [-0.4, -0.2) is 41.6 Å². The van der Waals surface area contributed by atoms with Gasteiger partial charge in [0.05, 0.1) is 10.6 Å². The fourth-order valence-corrected chi connectivity index (χ4v) is 3.42. The number of aromatic nitrogens is 2. The van der Waals surface area contributed by atoms with Crippen LogP contribution in [0.4, 0.5) is 4.79 Å². The Morgan fingerprint density at radius 2 is 2.00 bits per heavy atom. The lowest BCUT2D eigenvalue weighted by molar-refractivity contribution is -0.128. The molecule has 1 heterocycles. The van der Waals surface area contributed by atoms with E-state index in [1.54, 1.807) is 19.9 Å². The minimum absolute atomic E-state index is 0.0495. The quantitative estimate of drug-likeness (QED) is 0.615. The Morgan fingerprint density at radius 3 is 2.61 bits per heavy atom. The average molecular weight is 408 g/mol. The van der Waals surface area contributed by atoms with Gasteiger partial charge in [0.15, 0.2) is 6.10 Å². The number of carbonyl (C=O) groups excluding carboxylic acids is 2. The molecule has 0 fully saturated rings. The predicted octanol–water partition coefficient (Wildman–Crippen LogP) is 1.16. The van der Waals surface area contributed by atoms with Crippen molar-refractivity contribution in [2.45, 2.75) is 31.3 Å². The van der Waals surface area contributed by atoms with E-state index in [1.165, 1.54) is 30.5 Å². The third-order valence-corrected chi connectivity index (χ3v) is 4.90. The molecule has 1 aromatic carbocycles. The Bertz CT molecular complexity index is 977. The van der Waals surface area contributed by atoms with Gasteiger partial charge >= 0.3 is 12.1 Å². The van der Waals surface area contributed by atoms with E-state index >= 15 is 0 Å². The molecule has 0 bridgehead atoms. The Morgan fingerprint density at radius 1 is 1.29 bits per heavy atom. The summed E-state index contributed by atoms with van der Waals surface area (Å²) in [5, 5.41) is 9.38.